The van der Waals surface area contributed by atoms with Crippen molar-refractivity contribution in [2.45, 2.75) is 19.5 Å². The van der Waals surface area contributed by atoms with E-state index in [1.165, 1.54) is 12.1 Å². The quantitative estimate of drug-likeness (QED) is 0.671. The van der Waals surface area contributed by atoms with Crippen LogP contribution in [0, 0.1) is 21.4 Å². The van der Waals surface area contributed by atoms with E-state index in [9.17, 15) is 10.1 Å². The van der Waals surface area contributed by atoms with Gasteiger partial charge in [-0.2, -0.15) is 10.4 Å². The Morgan fingerprint density at radius 3 is 2.90 bits per heavy atom. The number of nitrogens with two attached hydrogens (primary N) is 1. The van der Waals surface area contributed by atoms with E-state index in [4.69, 9.17) is 11.0 Å². The summed E-state index contributed by atoms with van der Waals surface area (Å²) in [7, 11) is 0. The van der Waals surface area contributed by atoms with Gasteiger partial charge in [-0.15, -0.1) is 0 Å². The highest BCUT2D eigenvalue weighted by molar-refractivity contribution is 5.65. The van der Waals surface area contributed by atoms with Gasteiger partial charge in [0, 0.05) is 23.9 Å². The third kappa shape index (κ3) is 2.81. The van der Waals surface area contributed by atoms with Crippen LogP contribution in [0.3, 0.4) is 0 Å². The molecular formula is C13H13N5O2. The number of nitro groups is 1. The minimum absolute atomic E-state index is 0.0296. The molecule has 1 aromatic heterocycles. The maximum absolute atomic E-state index is 10.9. The maximum atomic E-state index is 10.9. The van der Waals surface area contributed by atoms with Crippen LogP contribution in [0.1, 0.15) is 12.5 Å². The molecule has 0 aliphatic heterocycles. The Morgan fingerprint density at radius 1 is 1.55 bits per heavy atom. The van der Waals surface area contributed by atoms with Crippen molar-refractivity contribution in [3.63, 3.8) is 0 Å². The van der Waals surface area contributed by atoms with Crippen molar-refractivity contribution in [1.82, 2.24) is 9.78 Å². The summed E-state index contributed by atoms with van der Waals surface area (Å²) in [5.74, 6) is 0. The van der Waals surface area contributed by atoms with Crippen LogP contribution in [0.2, 0.25) is 0 Å². The van der Waals surface area contributed by atoms with Crippen molar-refractivity contribution in [2.24, 2.45) is 5.73 Å². The van der Waals surface area contributed by atoms with Gasteiger partial charge in [0.25, 0.3) is 5.69 Å². The van der Waals surface area contributed by atoms with Gasteiger partial charge >= 0.3 is 0 Å². The molecule has 7 nitrogen and oxygen atoms in total. The van der Waals surface area contributed by atoms with Crippen molar-refractivity contribution >= 4 is 5.69 Å². The summed E-state index contributed by atoms with van der Waals surface area (Å²) in [5, 5.41) is 24.1. The zero-order valence-electron chi connectivity index (χ0n) is 10.9. The standard InChI is InChI=1S/C13H13N5O2/c1-9(15)8-17-5-4-12(16-17)10-2-3-11(7-14)13(6-10)18(19)20/h2-6,9H,8,15H2,1H3/t9-/m0/s1. The molecule has 0 fully saturated rings. The number of hydrogen-bond donors (Lipinski definition) is 1. The lowest BCUT2D eigenvalue weighted by Gasteiger charge is -2.04. The van der Waals surface area contributed by atoms with Crippen LogP contribution in [0.15, 0.2) is 30.5 Å². The first-order valence-electron chi connectivity index (χ1n) is 5.99. The number of aromatic nitrogens is 2. The summed E-state index contributed by atoms with van der Waals surface area (Å²) < 4.78 is 1.68. The normalized spacial score (nSPS) is 11.8. The molecule has 7 heteroatoms. The Bertz CT molecular complexity index is 684. The smallest absolute Gasteiger partial charge is 0.287 e. The molecule has 0 bridgehead atoms. The second-order valence-electron chi connectivity index (χ2n) is 4.50. The topological polar surface area (TPSA) is 111 Å². The molecule has 20 heavy (non-hydrogen) atoms. The van der Waals surface area contributed by atoms with Gasteiger partial charge in [-0.05, 0) is 19.1 Å². The van der Waals surface area contributed by atoms with E-state index < -0.39 is 4.92 Å². The van der Waals surface area contributed by atoms with Gasteiger partial charge in [-0.25, -0.2) is 0 Å². The summed E-state index contributed by atoms with van der Waals surface area (Å²) in [6.45, 7) is 2.44. The summed E-state index contributed by atoms with van der Waals surface area (Å²) in [5.41, 5.74) is 6.71. The number of nitrogens with zero attached hydrogens (tertiary/aromatic N) is 4. The molecule has 0 amide bonds. The summed E-state index contributed by atoms with van der Waals surface area (Å²) in [4.78, 5) is 10.4. The van der Waals surface area contributed by atoms with Crippen molar-refractivity contribution in [3.05, 3.63) is 46.1 Å². The Balaban J connectivity index is 2.38. The van der Waals surface area contributed by atoms with Gasteiger partial charge in [0.05, 0.1) is 17.2 Å². The van der Waals surface area contributed by atoms with Crippen LogP contribution in [-0.4, -0.2) is 20.7 Å². The second-order valence-corrected chi connectivity index (χ2v) is 4.50. The van der Waals surface area contributed by atoms with E-state index in [1.54, 1.807) is 29.1 Å². The van der Waals surface area contributed by atoms with Gasteiger partial charge in [0.1, 0.15) is 11.6 Å². The summed E-state index contributed by atoms with van der Waals surface area (Å²) >= 11 is 0. The predicted molar refractivity (Wildman–Crippen MR) is 72.7 cm³/mol. The molecule has 2 N–H and O–H groups in total. The average Bonchev–Trinajstić information content (AvgIpc) is 2.85. The molecular weight excluding hydrogens is 258 g/mol. The number of nitriles is 1. The fourth-order valence-electron chi connectivity index (χ4n) is 1.85. The maximum Gasteiger partial charge on any atom is 0.287 e. The van der Waals surface area contributed by atoms with E-state index in [1.807, 2.05) is 6.92 Å². The van der Waals surface area contributed by atoms with E-state index in [-0.39, 0.29) is 17.3 Å². The minimum Gasteiger partial charge on any atom is -0.326 e. The van der Waals surface area contributed by atoms with Crippen LogP contribution in [0.4, 0.5) is 5.69 Å². The van der Waals surface area contributed by atoms with Crippen LogP contribution >= 0.6 is 0 Å². The fourth-order valence-corrected chi connectivity index (χ4v) is 1.85. The summed E-state index contributed by atoms with van der Waals surface area (Å²) in [6, 6.07) is 7.96. The molecule has 0 aliphatic rings. The van der Waals surface area contributed by atoms with E-state index in [2.05, 4.69) is 5.10 Å². The first-order valence-corrected chi connectivity index (χ1v) is 5.99. The van der Waals surface area contributed by atoms with E-state index in [0.29, 0.717) is 17.8 Å². The third-order valence-electron chi connectivity index (χ3n) is 2.73. The van der Waals surface area contributed by atoms with Crippen molar-refractivity contribution in [2.75, 3.05) is 0 Å². The van der Waals surface area contributed by atoms with E-state index in [0.717, 1.165) is 0 Å². The van der Waals surface area contributed by atoms with Gasteiger partial charge in [-0.1, -0.05) is 6.07 Å². The first kappa shape index (κ1) is 13.7. The van der Waals surface area contributed by atoms with Crippen molar-refractivity contribution in [3.8, 4) is 17.3 Å². The average molecular weight is 271 g/mol. The molecule has 0 saturated heterocycles. The molecule has 0 radical (unpaired) electrons. The van der Waals surface area contributed by atoms with Gasteiger partial charge in [0.2, 0.25) is 0 Å². The van der Waals surface area contributed by atoms with Crippen LogP contribution in [-0.2, 0) is 6.54 Å². The number of benzene rings is 1. The fraction of sp³-hybridized carbons (Fsp3) is 0.231. The zero-order valence-corrected chi connectivity index (χ0v) is 10.9. The van der Waals surface area contributed by atoms with Crippen LogP contribution < -0.4 is 5.73 Å². The molecule has 102 valence electrons. The Labute approximate surface area is 115 Å². The molecule has 1 aromatic carbocycles. The number of hydrogen-bond acceptors (Lipinski definition) is 5. The Hall–Kier alpha value is -2.72. The molecule has 1 atom stereocenters. The lowest BCUT2D eigenvalue weighted by Crippen LogP contribution is -2.22. The van der Waals surface area contributed by atoms with Gasteiger partial charge in [-0.3, -0.25) is 14.8 Å². The number of nitro benzene ring substituents is 1. The molecule has 0 saturated carbocycles. The van der Waals surface area contributed by atoms with Crippen molar-refractivity contribution < 1.29 is 4.92 Å². The number of rotatable bonds is 4. The highest BCUT2D eigenvalue weighted by Gasteiger charge is 2.15. The predicted octanol–water partition coefficient (Wildman–Crippen LogP) is 1.68. The Morgan fingerprint density at radius 2 is 2.30 bits per heavy atom. The van der Waals surface area contributed by atoms with Gasteiger partial charge < -0.3 is 5.73 Å². The molecule has 2 rings (SSSR count). The molecule has 1 heterocycles. The molecule has 2 aromatic rings. The lowest BCUT2D eigenvalue weighted by molar-refractivity contribution is -0.385. The van der Waals surface area contributed by atoms with Crippen molar-refractivity contribution in [1.29, 1.82) is 5.26 Å². The first-order chi connectivity index (χ1) is 9.51. The SMILES string of the molecule is C[C@H](N)Cn1ccc(-c2ccc(C#N)c([N+](=O)[O-])c2)n1. The largest absolute Gasteiger partial charge is 0.326 e. The minimum atomic E-state index is -0.568. The van der Waals surface area contributed by atoms with Gasteiger partial charge in [0.15, 0.2) is 0 Å². The molecule has 0 aliphatic carbocycles. The lowest BCUT2D eigenvalue weighted by atomic mass is 10.1. The summed E-state index contributed by atoms with van der Waals surface area (Å²) in [6.07, 6.45) is 1.77. The van der Waals surface area contributed by atoms with E-state index >= 15 is 0 Å². The zero-order chi connectivity index (χ0) is 14.7. The van der Waals surface area contributed by atoms with Crippen LogP contribution in [0.5, 0.6) is 0 Å². The third-order valence-corrected chi connectivity index (χ3v) is 2.73. The Kier molecular flexibility index (Phi) is 3.77. The highest BCUT2D eigenvalue weighted by atomic mass is 16.6. The molecule has 0 unspecified atom stereocenters. The highest BCUT2D eigenvalue weighted by Crippen LogP contribution is 2.25. The second kappa shape index (κ2) is 5.50. The van der Waals surface area contributed by atoms with Crippen LogP contribution in [0.25, 0.3) is 11.3 Å². The molecule has 0 spiro atoms. The monoisotopic (exact) mass is 271 g/mol.